The number of H-pyrrole nitrogens is 1. The first kappa shape index (κ1) is 11.6. The lowest BCUT2D eigenvalue weighted by Crippen LogP contribution is -2.19. The standard InChI is InChI=1S/C12H14BrNO2/c1-7-11(12(16)10(15)6-13)8-4-2-3-5-9(8)14-7/h2-5,10,12,14-16H,6H2,1H3. The summed E-state index contributed by atoms with van der Waals surface area (Å²) in [5.74, 6) is 0. The van der Waals surface area contributed by atoms with Crippen molar-refractivity contribution in [3.8, 4) is 0 Å². The fourth-order valence-corrected chi connectivity index (χ4v) is 2.31. The van der Waals surface area contributed by atoms with Crippen molar-refractivity contribution >= 4 is 26.8 Å². The number of halogens is 1. The number of benzene rings is 1. The molecule has 3 nitrogen and oxygen atoms in total. The largest absolute Gasteiger partial charge is 0.389 e. The van der Waals surface area contributed by atoms with Crippen molar-refractivity contribution in [2.75, 3.05) is 5.33 Å². The first-order valence-corrected chi connectivity index (χ1v) is 6.26. The van der Waals surface area contributed by atoms with Crippen LogP contribution in [0.3, 0.4) is 0 Å². The Kier molecular flexibility index (Phi) is 3.33. The van der Waals surface area contributed by atoms with Gasteiger partial charge in [-0.05, 0) is 13.0 Å². The van der Waals surface area contributed by atoms with Gasteiger partial charge >= 0.3 is 0 Å². The van der Waals surface area contributed by atoms with Crippen molar-refractivity contribution in [1.82, 2.24) is 4.98 Å². The molecule has 0 saturated carbocycles. The van der Waals surface area contributed by atoms with E-state index in [4.69, 9.17) is 0 Å². The van der Waals surface area contributed by atoms with Gasteiger partial charge in [-0.15, -0.1) is 0 Å². The number of aliphatic hydroxyl groups excluding tert-OH is 2. The predicted molar refractivity (Wildman–Crippen MR) is 67.8 cm³/mol. The maximum absolute atomic E-state index is 10.1. The van der Waals surface area contributed by atoms with E-state index in [1.165, 1.54) is 0 Å². The van der Waals surface area contributed by atoms with Gasteiger partial charge < -0.3 is 15.2 Å². The molecule has 0 aliphatic heterocycles. The van der Waals surface area contributed by atoms with Crippen LogP contribution in [0.4, 0.5) is 0 Å². The number of aromatic nitrogens is 1. The highest BCUT2D eigenvalue weighted by Crippen LogP contribution is 2.29. The molecule has 0 spiro atoms. The fourth-order valence-electron chi connectivity index (χ4n) is 1.96. The molecule has 2 unspecified atom stereocenters. The number of rotatable bonds is 3. The van der Waals surface area contributed by atoms with Gasteiger partial charge in [-0.1, -0.05) is 34.1 Å². The molecule has 1 aromatic carbocycles. The van der Waals surface area contributed by atoms with E-state index in [0.29, 0.717) is 5.33 Å². The van der Waals surface area contributed by atoms with Gasteiger partial charge in [0.2, 0.25) is 0 Å². The molecule has 1 heterocycles. The summed E-state index contributed by atoms with van der Waals surface area (Å²) in [6.45, 7) is 1.90. The van der Waals surface area contributed by atoms with Crippen LogP contribution >= 0.6 is 15.9 Å². The highest BCUT2D eigenvalue weighted by molar-refractivity contribution is 9.09. The number of aromatic amines is 1. The van der Waals surface area contributed by atoms with Crippen LogP contribution in [0.25, 0.3) is 10.9 Å². The van der Waals surface area contributed by atoms with Crippen LogP contribution in [-0.4, -0.2) is 26.6 Å². The average molecular weight is 284 g/mol. The van der Waals surface area contributed by atoms with Crippen LogP contribution < -0.4 is 0 Å². The Morgan fingerprint density at radius 2 is 2.00 bits per heavy atom. The highest BCUT2D eigenvalue weighted by Gasteiger charge is 2.22. The summed E-state index contributed by atoms with van der Waals surface area (Å²) < 4.78 is 0. The van der Waals surface area contributed by atoms with Crippen LogP contribution in [0.15, 0.2) is 24.3 Å². The third-order valence-electron chi connectivity index (χ3n) is 2.76. The normalized spacial score (nSPS) is 15.2. The van der Waals surface area contributed by atoms with E-state index < -0.39 is 12.2 Å². The smallest absolute Gasteiger partial charge is 0.108 e. The maximum Gasteiger partial charge on any atom is 0.108 e. The van der Waals surface area contributed by atoms with Crippen LogP contribution in [0.1, 0.15) is 17.4 Å². The Hall–Kier alpha value is -0.840. The molecule has 0 saturated heterocycles. The van der Waals surface area contributed by atoms with Crippen LogP contribution in [0.5, 0.6) is 0 Å². The van der Waals surface area contributed by atoms with E-state index in [2.05, 4.69) is 20.9 Å². The molecule has 0 aliphatic rings. The molecular formula is C12H14BrNO2. The monoisotopic (exact) mass is 283 g/mol. The second kappa shape index (κ2) is 4.57. The Balaban J connectivity index is 2.54. The van der Waals surface area contributed by atoms with Crippen LogP contribution in [0.2, 0.25) is 0 Å². The van der Waals surface area contributed by atoms with E-state index in [-0.39, 0.29) is 0 Å². The molecule has 1 aromatic heterocycles. The molecule has 4 heteroatoms. The minimum Gasteiger partial charge on any atom is -0.389 e. The first-order valence-electron chi connectivity index (χ1n) is 5.14. The van der Waals surface area contributed by atoms with Gasteiger partial charge in [-0.2, -0.15) is 0 Å². The zero-order chi connectivity index (χ0) is 11.7. The molecule has 16 heavy (non-hydrogen) atoms. The summed E-state index contributed by atoms with van der Waals surface area (Å²) in [5, 5.41) is 21.0. The number of hydrogen-bond acceptors (Lipinski definition) is 2. The summed E-state index contributed by atoms with van der Waals surface area (Å²) in [4.78, 5) is 3.20. The molecule has 0 radical (unpaired) electrons. The molecular weight excluding hydrogens is 270 g/mol. The number of aliphatic hydroxyl groups is 2. The Morgan fingerprint density at radius 3 is 2.69 bits per heavy atom. The molecule has 86 valence electrons. The third-order valence-corrected chi connectivity index (χ3v) is 3.43. The third kappa shape index (κ3) is 1.88. The van der Waals surface area contributed by atoms with E-state index in [0.717, 1.165) is 22.2 Å². The average Bonchev–Trinajstić information content (AvgIpc) is 2.63. The van der Waals surface area contributed by atoms with Crippen molar-refractivity contribution in [3.63, 3.8) is 0 Å². The van der Waals surface area contributed by atoms with Crippen LogP contribution in [-0.2, 0) is 0 Å². The Morgan fingerprint density at radius 1 is 1.31 bits per heavy atom. The lowest BCUT2D eigenvalue weighted by atomic mass is 10.0. The van der Waals surface area contributed by atoms with Crippen molar-refractivity contribution < 1.29 is 10.2 Å². The SMILES string of the molecule is Cc1[nH]c2ccccc2c1C(O)C(O)CBr. The van der Waals surface area contributed by atoms with E-state index in [1.54, 1.807) is 0 Å². The van der Waals surface area contributed by atoms with Gasteiger partial charge in [0.1, 0.15) is 6.10 Å². The molecule has 0 fully saturated rings. The Labute approximate surface area is 102 Å². The van der Waals surface area contributed by atoms with Gasteiger partial charge in [0.15, 0.2) is 0 Å². The molecule has 0 aliphatic carbocycles. The predicted octanol–water partition coefficient (Wildman–Crippen LogP) is 2.27. The molecule has 0 bridgehead atoms. The Bertz CT molecular complexity index is 495. The lowest BCUT2D eigenvalue weighted by Gasteiger charge is -2.16. The summed E-state index contributed by atoms with van der Waals surface area (Å²) in [6.07, 6.45) is -1.66. The second-order valence-electron chi connectivity index (χ2n) is 3.88. The summed E-state index contributed by atoms with van der Waals surface area (Å²) in [6, 6.07) is 7.76. The first-order chi connectivity index (χ1) is 7.65. The molecule has 2 aromatic rings. The topological polar surface area (TPSA) is 56.2 Å². The van der Waals surface area contributed by atoms with E-state index in [9.17, 15) is 10.2 Å². The zero-order valence-electron chi connectivity index (χ0n) is 8.94. The van der Waals surface area contributed by atoms with E-state index in [1.807, 2.05) is 31.2 Å². The van der Waals surface area contributed by atoms with Gasteiger partial charge in [0.05, 0.1) is 6.10 Å². The molecule has 3 N–H and O–H groups in total. The molecule has 2 rings (SSSR count). The number of fused-ring (bicyclic) bond motifs is 1. The zero-order valence-corrected chi connectivity index (χ0v) is 10.5. The van der Waals surface area contributed by atoms with Crippen molar-refractivity contribution in [1.29, 1.82) is 0 Å². The van der Waals surface area contributed by atoms with Gasteiger partial charge in [-0.3, -0.25) is 0 Å². The molecule has 0 amide bonds. The van der Waals surface area contributed by atoms with Gasteiger partial charge in [-0.25, -0.2) is 0 Å². The van der Waals surface area contributed by atoms with Crippen molar-refractivity contribution in [2.45, 2.75) is 19.1 Å². The summed E-state index contributed by atoms with van der Waals surface area (Å²) in [7, 11) is 0. The van der Waals surface area contributed by atoms with Crippen LogP contribution in [0, 0.1) is 6.92 Å². The maximum atomic E-state index is 10.1. The minimum absolute atomic E-state index is 0.354. The fraction of sp³-hybridized carbons (Fsp3) is 0.333. The summed E-state index contributed by atoms with van der Waals surface area (Å²) in [5.41, 5.74) is 2.66. The highest BCUT2D eigenvalue weighted by atomic mass is 79.9. The van der Waals surface area contributed by atoms with Gasteiger partial charge in [0.25, 0.3) is 0 Å². The molecule has 2 atom stereocenters. The number of para-hydroxylation sites is 1. The quantitative estimate of drug-likeness (QED) is 0.757. The second-order valence-corrected chi connectivity index (χ2v) is 4.52. The number of nitrogens with one attached hydrogen (secondary N) is 1. The summed E-state index contributed by atoms with van der Waals surface area (Å²) >= 11 is 3.17. The number of alkyl halides is 1. The van der Waals surface area contributed by atoms with E-state index >= 15 is 0 Å². The van der Waals surface area contributed by atoms with Crippen molar-refractivity contribution in [3.05, 3.63) is 35.5 Å². The number of aryl methyl sites for hydroxylation is 1. The lowest BCUT2D eigenvalue weighted by molar-refractivity contribution is 0.0348. The van der Waals surface area contributed by atoms with Crippen molar-refractivity contribution in [2.24, 2.45) is 0 Å². The number of hydrogen-bond donors (Lipinski definition) is 3. The van der Waals surface area contributed by atoms with Gasteiger partial charge in [0, 0.05) is 27.5 Å². The minimum atomic E-state index is -0.865.